The maximum atomic E-state index is 11.4. The summed E-state index contributed by atoms with van der Waals surface area (Å²) in [5, 5.41) is 19.4. The number of hydrogen-bond acceptors (Lipinski definition) is 4. The first-order valence-corrected chi connectivity index (χ1v) is 6.44. The lowest BCUT2D eigenvalue weighted by molar-refractivity contribution is -0.141. The Bertz CT molecular complexity index is 457. The quantitative estimate of drug-likeness (QED) is 0.825. The predicted molar refractivity (Wildman–Crippen MR) is 68.5 cm³/mol. The summed E-state index contributed by atoms with van der Waals surface area (Å²) >= 11 is 0. The number of ether oxygens (including phenoxy) is 2. The molecule has 0 aliphatic carbocycles. The van der Waals surface area contributed by atoms with Crippen molar-refractivity contribution in [2.75, 3.05) is 6.79 Å². The Morgan fingerprint density at radius 2 is 2.11 bits per heavy atom. The highest BCUT2D eigenvalue weighted by molar-refractivity contribution is 5.77. The van der Waals surface area contributed by atoms with E-state index in [0.717, 1.165) is 12.8 Å². The maximum Gasteiger partial charge on any atom is 0.313 e. The van der Waals surface area contributed by atoms with E-state index < -0.39 is 18.0 Å². The highest BCUT2D eigenvalue weighted by Gasteiger charge is 2.29. The summed E-state index contributed by atoms with van der Waals surface area (Å²) in [6.07, 6.45) is 1.31. The largest absolute Gasteiger partial charge is 0.481 e. The molecule has 104 valence electrons. The lowest BCUT2D eigenvalue weighted by Gasteiger charge is -2.19. The van der Waals surface area contributed by atoms with Gasteiger partial charge in [-0.1, -0.05) is 25.8 Å². The van der Waals surface area contributed by atoms with Gasteiger partial charge < -0.3 is 19.7 Å². The van der Waals surface area contributed by atoms with Crippen molar-refractivity contribution in [1.82, 2.24) is 0 Å². The van der Waals surface area contributed by atoms with Gasteiger partial charge in [-0.3, -0.25) is 4.79 Å². The minimum absolute atomic E-state index is 0.148. The fourth-order valence-electron chi connectivity index (χ4n) is 2.22. The summed E-state index contributed by atoms with van der Waals surface area (Å²) in [7, 11) is 0. The molecule has 0 bridgehead atoms. The zero-order chi connectivity index (χ0) is 13.8. The van der Waals surface area contributed by atoms with Gasteiger partial charge in [0, 0.05) is 0 Å². The molecule has 2 N–H and O–H groups in total. The summed E-state index contributed by atoms with van der Waals surface area (Å²) in [6, 6.07) is 4.98. The molecule has 0 amide bonds. The number of aliphatic hydroxyl groups excluding tert-OH is 1. The average Bonchev–Trinajstić information content (AvgIpc) is 2.83. The molecular formula is C14H18O5. The third kappa shape index (κ3) is 2.98. The van der Waals surface area contributed by atoms with Gasteiger partial charge in [0.1, 0.15) is 5.92 Å². The summed E-state index contributed by atoms with van der Waals surface area (Å²) in [5.41, 5.74) is 0.542. The number of carbonyl (C=O) groups is 1. The summed E-state index contributed by atoms with van der Waals surface area (Å²) in [5.74, 6) is -0.814. The Kier molecular flexibility index (Phi) is 4.27. The Labute approximate surface area is 111 Å². The Morgan fingerprint density at radius 1 is 1.37 bits per heavy atom. The lowest BCUT2D eigenvalue weighted by atomic mass is 9.90. The highest BCUT2D eigenvalue weighted by Crippen LogP contribution is 2.36. The van der Waals surface area contributed by atoms with Crippen LogP contribution in [0.3, 0.4) is 0 Å². The molecule has 19 heavy (non-hydrogen) atoms. The molecule has 5 heteroatoms. The minimum Gasteiger partial charge on any atom is -0.481 e. The van der Waals surface area contributed by atoms with E-state index in [9.17, 15) is 15.0 Å². The van der Waals surface area contributed by atoms with E-state index in [2.05, 4.69) is 0 Å². The van der Waals surface area contributed by atoms with Gasteiger partial charge in [0.2, 0.25) is 6.79 Å². The van der Waals surface area contributed by atoms with Gasteiger partial charge in [0.25, 0.3) is 0 Å². The maximum absolute atomic E-state index is 11.4. The van der Waals surface area contributed by atoms with Crippen molar-refractivity contribution in [3.05, 3.63) is 23.8 Å². The Morgan fingerprint density at radius 3 is 2.79 bits per heavy atom. The number of carboxylic acids is 1. The van der Waals surface area contributed by atoms with Gasteiger partial charge in [-0.25, -0.2) is 0 Å². The molecular weight excluding hydrogens is 248 g/mol. The number of carboxylic acid groups (broad SMARTS) is 1. The van der Waals surface area contributed by atoms with Crippen LogP contribution in [0, 0.1) is 0 Å². The number of rotatable bonds is 6. The van der Waals surface area contributed by atoms with Crippen LogP contribution in [-0.2, 0) is 4.79 Å². The molecule has 0 fully saturated rings. The first-order valence-electron chi connectivity index (χ1n) is 6.44. The van der Waals surface area contributed by atoms with Crippen LogP contribution in [0.25, 0.3) is 0 Å². The van der Waals surface area contributed by atoms with Crippen LogP contribution < -0.4 is 9.47 Å². The van der Waals surface area contributed by atoms with Crippen LogP contribution in [0.2, 0.25) is 0 Å². The SMILES string of the molecule is CCCCC(O)C(C(=O)O)c1ccc2c(c1)OCO2. The highest BCUT2D eigenvalue weighted by atomic mass is 16.7. The molecule has 0 aromatic heterocycles. The van der Waals surface area contributed by atoms with E-state index in [1.807, 2.05) is 6.92 Å². The molecule has 5 nitrogen and oxygen atoms in total. The molecule has 2 atom stereocenters. The Hall–Kier alpha value is -1.75. The van der Waals surface area contributed by atoms with Crippen LogP contribution >= 0.6 is 0 Å². The van der Waals surface area contributed by atoms with Crippen LogP contribution in [0.15, 0.2) is 18.2 Å². The second kappa shape index (κ2) is 5.93. The van der Waals surface area contributed by atoms with Crippen LogP contribution in [-0.4, -0.2) is 29.1 Å². The standard InChI is InChI=1S/C14H18O5/c1-2-3-4-10(15)13(14(16)17)9-5-6-11-12(7-9)19-8-18-11/h5-7,10,13,15H,2-4,8H2,1H3,(H,16,17). The number of benzene rings is 1. The monoisotopic (exact) mass is 266 g/mol. The molecule has 1 heterocycles. The molecule has 2 rings (SSSR count). The first-order chi connectivity index (χ1) is 9.13. The smallest absolute Gasteiger partial charge is 0.313 e. The van der Waals surface area contributed by atoms with Gasteiger partial charge in [-0.05, 0) is 24.1 Å². The average molecular weight is 266 g/mol. The molecule has 2 unspecified atom stereocenters. The molecule has 0 spiro atoms. The van der Waals surface area contributed by atoms with Crippen LogP contribution in [0.5, 0.6) is 11.5 Å². The number of aliphatic hydroxyl groups is 1. The molecule has 0 saturated heterocycles. The van der Waals surface area contributed by atoms with Crippen molar-refractivity contribution in [3.63, 3.8) is 0 Å². The molecule has 0 saturated carbocycles. The minimum atomic E-state index is -1.03. The number of hydrogen-bond donors (Lipinski definition) is 2. The van der Waals surface area contributed by atoms with Gasteiger partial charge in [-0.15, -0.1) is 0 Å². The van der Waals surface area contributed by atoms with Gasteiger partial charge in [0.05, 0.1) is 6.10 Å². The number of unbranched alkanes of at least 4 members (excludes halogenated alkanes) is 1. The van der Waals surface area contributed by atoms with E-state index in [0.29, 0.717) is 23.5 Å². The number of aliphatic carboxylic acids is 1. The van der Waals surface area contributed by atoms with Crippen LogP contribution in [0.4, 0.5) is 0 Å². The predicted octanol–water partition coefficient (Wildman–Crippen LogP) is 2.13. The van der Waals surface area contributed by atoms with Gasteiger partial charge in [0.15, 0.2) is 11.5 Å². The van der Waals surface area contributed by atoms with Crippen molar-refractivity contribution in [1.29, 1.82) is 0 Å². The van der Waals surface area contributed by atoms with Gasteiger partial charge >= 0.3 is 5.97 Å². The molecule has 0 radical (unpaired) electrons. The topological polar surface area (TPSA) is 76.0 Å². The lowest BCUT2D eigenvalue weighted by Crippen LogP contribution is -2.26. The summed E-state index contributed by atoms with van der Waals surface area (Å²) < 4.78 is 10.4. The third-order valence-corrected chi connectivity index (χ3v) is 3.26. The van der Waals surface area contributed by atoms with E-state index in [4.69, 9.17) is 9.47 Å². The molecule has 1 aromatic rings. The van der Waals surface area contributed by atoms with E-state index in [1.165, 1.54) is 0 Å². The van der Waals surface area contributed by atoms with Crippen molar-refractivity contribution < 1.29 is 24.5 Å². The zero-order valence-electron chi connectivity index (χ0n) is 10.8. The fourth-order valence-corrected chi connectivity index (χ4v) is 2.22. The first kappa shape index (κ1) is 13.7. The molecule has 1 aliphatic rings. The van der Waals surface area contributed by atoms with E-state index in [1.54, 1.807) is 18.2 Å². The Balaban J connectivity index is 2.21. The fraction of sp³-hybridized carbons (Fsp3) is 0.500. The summed E-state index contributed by atoms with van der Waals surface area (Å²) in [6.45, 7) is 2.15. The third-order valence-electron chi connectivity index (χ3n) is 3.26. The van der Waals surface area contributed by atoms with E-state index >= 15 is 0 Å². The van der Waals surface area contributed by atoms with Gasteiger partial charge in [-0.2, -0.15) is 0 Å². The summed E-state index contributed by atoms with van der Waals surface area (Å²) in [4.78, 5) is 11.4. The molecule has 1 aromatic carbocycles. The number of fused-ring (bicyclic) bond motifs is 1. The van der Waals surface area contributed by atoms with Crippen molar-refractivity contribution in [2.45, 2.75) is 38.2 Å². The van der Waals surface area contributed by atoms with E-state index in [-0.39, 0.29) is 6.79 Å². The van der Waals surface area contributed by atoms with Crippen molar-refractivity contribution in [2.24, 2.45) is 0 Å². The zero-order valence-corrected chi connectivity index (χ0v) is 10.8. The van der Waals surface area contributed by atoms with Crippen LogP contribution in [0.1, 0.15) is 37.7 Å². The normalized spacial score (nSPS) is 16.1. The second-order valence-electron chi connectivity index (χ2n) is 4.64. The molecule has 1 aliphatic heterocycles. The van der Waals surface area contributed by atoms with Crippen molar-refractivity contribution >= 4 is 5.97 Å². The van der Waals surface area contributed by atoms with Crippen molar-refractivity contribution in [3.8, 4) is 11.5 Å². The second-order valence-corrected chi connectivity index (χ2v) is 4.64.